The highest BCUT2D eigenvalue weighted by Crippen LogP contribution is 2.16. The third kappa shape index (κ3) is 4.56. The normalized spacial score (nSPS) is 18.9. The van der Waals surface area contributed by atoms with Crippen LogP contribution in [-0.4, -0.2) is 25.5 Å². The predicted octanol–water partition coefficient (Wildman–Crippen LogP) is 2.70. The van der Waals surface area contributed by atoms with Gasteiger partial charge in [0, 0.05) is 6.42 Å². The van der Waals surface area contributed by atoms with Crippen LogP contribution in [0.25, 0.3) is 0 Å². The fourth-order valence-corrected chi connectivity index (χ4v) is 2.03. The fraction of sp³-hybridized carbons (Fsp3) is 0.533. The monoisotopic (exact) mass is 264 g/mol. The second-order valence-electron chi connectivity index (χ2n) is 4.54. The van der Waals surface area contributed by atoms with E-state index in [-0.39, 0.29) is 18.7 Å². The molecule has 0 aromatic heterocycles. The standard InChI is InChI=1S/C15H20O4/c1-2-17-13-8-6-12(7-9-13)11-14(16)19-15-5-3-4-10-18-15/h6-9,15H,2-5,10-11H2,1H3. The number of hydrogen-bond donors (Lipinski definition) is 0. The first kappa shape index (κ1) is 13.9. The van der Waals surface area contributed by atoms with Crippen molar-refractivity contribution in [1.82, 2.24) is 0 Å². The minimum atomic E-state index is -0.357. The van der Waals surface area contributed by atoms with Gasteiger partial charge in [0.2, 0.25) is 6.29 Å². The average molecular weight is 264 g/mol. The maximum atomic E-state index is 11.8. The van der Waals surface area contributed by atoms with Crippen LogP contribution in [0.4, 0.5) is 0 Å². The van der Waals surface area contributed by atoms with E-state index in [4.69, 9.17) is 14.2 Å². The third-order valence-electron chi connectivity index (χ3n) is 2.98. The summed E-state index contributed by atoms with van der Waals surface area (Å²) in [5, 5.41) is 0. The molecule has 1 aromatic carbocycles. The van der Waals surface area contributed by atoms with Crippen LogP contribution in [0.2, 0.25) is 0 Å². The molecule has 104 valence electrons. The molecule has 1 fully saturated rings. The van der Waals surface area contributed by atoms with Crippen LogP contribution in [0.5, 0.6) is 5.75 Å². The number of rotatable bonds is 5. The topological polar surface area (TPSA) is 44.8 Å². The fourth-order valence-electron chi connectivity index (χ4n) is 2.03. The number of carbonyl (C=O) groups excluding carboxylic acids is 1. The van der Waals surface area contributed by atoms with Gasteiger partial charge in [0.15, 0.2) is 0 Å². The molecule has 0 radical (unpaired) electrons. The van der Waals surface area contributed by atoms with Crippen molar-refractivity contribution in [1.29, 1.82) is 0 Å². The minimum Gasteiger partial charge on any atom is -0.494 e. The lowest BCUT2D eigenvalue weighted by atomic mass is 10.1. The smallest absolute Gasteiger partial charge is 0.312 e. The molecule has 0 saturated carbocycles. The Balaban J connectivity index is 1.80. The minimum absolute atomic E-state index is 0.240. The SMILES string of the molecule is CCOc1ccc(CC(=O)OC2CCCCO2)cc1. The van der Waals surface area contributed by atoms with Gasteiger partial charge < -0.3 is 14.2 Å². The maximum Gasteiger partial charge on any atom is 0.312 e. The summed E-state index contributed by atoms with van der Waals surface area (Å²) in [5.41, 5.74) is 0.921. The highest BCUT2D eigenvalue weighted by atomic mass is 16.7. The second kappa shape index (κ2) is 7.14. The van der Waals surface area contributed by atoms with Crippen molar-refractivity contribution < 1.29 is 19.0 Å². The largest absolute Gasteiger partial charge is 0.494 e. The van der Waals surface area contributed by atoms with E-state index in [9.17, 15) is 4.79 Å². The Labute approximate surface area is 113 Å². The van der Waals surface area contributed by atoms with Gasteiger partial charge >= 0.3 is 5.97 Å². The highest BCUT2D eigenvalue weighted by molar-refractivity contribution is 5.72. The van der Waals surface area contributed by atoms with E-state index in [0.29, 0.717) is 13.2 Å². The highest BCUT2D eigenvalue weighted by Gasteiger charge is 2.18. The van der Waals surface area contributed by atoms with Crippen LogP contribution in [0, 0.1) is 0 Å². The molecule has 0 bridgehead atoms. The maximum absolute atomic E-state index is 11.8. The third-order valence-corrected chi connectivity index (χ3v) is 2.98. The summed E-state index contributed by atoms with van der Waals surface area (Å²) in [4.78, 5) is 11.8. The van der Waals surface area contributed by atoms with Gasteiger partial charge in [0.05, 0.1) is 19.6 Å². The van der Waals surface area contributed by atoms with Crippen LogP contribution in [0.3, 0.4) is 0 Å². The number of esters is 1. The molecule has 0 N–H and O–H groups in total. The Hall–Kier alpha value is -1.55. The molecule has 19 heavy (non-hydrogen) atoms. The van der Waals surface area contributed by atoms with E-state index in [1.54, 1.807) is 0 Å². The van der Waals surface area contributed by atoms with Crippen molar-refractivity contribution in [3.8, 4) is 5.75 Å². The molecular formula is C15H20O4. The summed E-state index contributed by atoms with van der Waals surface area (Å²) in [5.74, 6) is 0.575. The van der Waals surface area contributed by atoms with E-state index >= 15 is 0 Å². The molecule has 1 unspecified atom stereocenters. The lowest BCUT2D eigenvalue weighted by molar-refractivity contribution is -0.185. The van der Waals surface area contributed by atoms with Gasteiger partial charge in [-0.1, -0.05) is 12.1 Å². The Kier molecular flexibility index (Phi) is 5.21. The first-order valence-electron chi connectivity index (χ1n) is 6.80. The van der Waals surface area contributed by atoms with E-state index in [2.05, 4.69) is 0 Å². The Morgan fingerprint density at radius 1 is 1.32 bits per heavy atom. The summed E-state index contributed by atoms with van der Waals surface area (Å²) < 4.78 is 16.0. The number of ether oxygens (including phenoxy) is 3. The Morgan fingerprint density at radius 2 is 2.11 bits per heavy atom. The summed E-state index contributed by atoms with van der Waals surface area (Å²) in [7, 11) is 0. The van der Waals surface area contributed by atoms with E-state index in [1.807, 2.05) is 31.2 Å². The average Bonchev–Trinajstić information content (AvgIpc) is 2.42. The summed E-state index contributed by atoms with van der Waals surface area (Å²) in [6.45, 7) is 3.26. The zero-order valence-corrected chi connectivity index (χ0v) is 11.3. The summed E-state index contributed by atoms with van der Waals surface area (Å²) >= 11 is 0. The molecular weight excluding hydrogens is 244 g/mol. The molecule has 0 spiro atoms. The number of benzene rings is 1. The lowest BCUT2D eigenvalue weighted by Gasteiger charge is -2.22. The van der Waals surface area contributed by atoms with Crippen LogP contribution >= 0.6 is 0 Å². The van der Waals surface area contributed by atoms with Crippen LogP contribution in [0.15, 0.2) is 24.3 Å². The summed E-state index contributed by atoms with van der Waals surface area (Å²) in [6, 6.07) is 7.49. The van der Waals surface area contributed by atoms with Gasteiger partial charge in [-0.2, -0.15) is 0 Å². The number of hydrogen-bond acceptors (Lipinski definition) is 4. The van der Waals surface area contributed by atoms with Gasteiger partial charge in [-0.15, -0.1) is 0 Å². The van der Waals surface area contributed by atoms with Gasteiger partial charge in [0.1, 0.15) is 5.75 Å². The molecule has 1 aromatic rings. The predicted molar refractivity (Wildman–Crippen MR) is 71.0 cm³/mol. The van der Waals surface area contributed by atoms with Gasteiger partial charge in [-0.25, -0.2) is 0 Å². The van der Waals surface area contributed by atoms with Crippen LogP contribution in [0.1, 0.15) is 31.7 Å². The van der Waals surface area contributed by atoms with E-state index < -0.39 is 0 Å². The molecule has 0 aliphatic carbocycles. The molecule has 1 saturated heterocycles. The molecule has 4 nitrogen and oxygen atoms in total. The van der Waals surface area contributed by atoms with Crippen molar-refractivity contribution >= 4 is 5.97 Å². The van der Waals surface area contributed by atoms with Crippen molar-refractivity contribution in [2.45, 2.75) is 38.9 Å². The van der Waals surface area contributed by atoms with Crippen molar-refractivity contribution in [3.63, 3.8) is 0 Å². The molecule has 1 heterocycles. The molecule has 2 rings (SSSR count). The molecule has 1 aliphatic rings. The molecule has 1 aliphatic heterocycles. The summed E-state index contributed by atoms with van der Waals surface area (Å²) in [6.07, 6.45) is 2.82. The molecule has 1 atom stereocenters. The second-order valence-corrected chi connectivity index (χ2v) is 4.54. The zero-order valence-electron chi connectivity index (χ0n) is 11.3. The van der Waals surface area contributed by atoms with Crippen LogP contribution in [-0.2, 0) is 20.7 Å². The zero-order chi connectivity index (χ0) is 13.5. The van der Waals surface area contributed by atoms with Gasteiger partial charge in [0.25, 0.3) is 0 Å². The van der Waals surface area contributed by atoms with Gasteiger partial charge in [-0.05, 0) is 37.5 Å². The lowest BCUT2D eigenvalue weighted by Crippen LogP contribution is -2.26. The van der Waals surface area contributed by atoms with Crippen molar-refractivity contribution in [3.05, 3.63) is 29.8 Å². The van der Waals surface area contributed by atoms with Crippen LogP contribution < -0.4 is 4.74 Å². The van der Waals surface area contributed by atoms with Gasteiger partial charge in [-0.3, -0.25) is 4.79 Å². The Bertz CT molecular complexity index is 393. The molecule has 0 amide bonds. The Morgan fingerprint density at radius 3 is 2.74 bits per heavy atom. The molecule has 4 heteroatoms. The first-order valence-corrected chi connectivity index (χ1v) is 6.80. The van der Waals surface area contributed by atoms with E-state index in [1.165, 1.54) is 0 Å². The van der Waals surface area contributed by atoms with Crippen molar-refractivity contribution in [2.24, 2.45) is 0 Å². The van der Waals surface area contributed by atoms with E-state index in [0.717, 1.165) is 30.6 Å². The number of carbonyl (C=O) groups is 1. The first-order chi connectivity index (χ1) is 9.28. The van der Waals surface area contributed by atoms with Crippen molar-refractivity contribution in [2.75, 3.05) is 13.2 Å². The quantitative estimate of drug-likeness (QED) is 0.767.